The number of nitrogens with zero attached hydrogens (tertiary/aromatic N) is 1. The summed E-state index contributed by atoms with van der Waals surface area (Å²) in [5.74, 6) is -2.38. The van der Waals surface area contributed by atoms with Gasteiger partial charge in [0.2, 0.25) is 0 Å². The number of hydroxylamine groups is 2. The molecule has 0 unspecified atom stereocenters. The summed E-state index contributed by atoms with van der Waals surface area (Å²) in [6.07, 6.45) is -4.62. The highest BCUT2D eigenvalue weighted by atomic mass is 19.4. The van der Waals surface area contributed by atoms with Crippen LogP contribution in [0.25, 0.3) is 0 Å². The normalized spacial score (nSPS) is 15.7. The number of carbonyl (C=O) groups excluding carboxylic acids is 3. The Morgan fingerprint density at radius 2 is 1.55 bits per heavy atom. The summed E-state index contributed by atoms with van der Waals surface area (Å²) in [6.45, 7) is 0. The molecule has 0 aromatic heterocycles. The quantitative estimate of drug-likeness (QED) is 0.780. The van der Waals surface area contributed by atoms with Crippen LogP contribution in [-0.2, 0) is 20.6 Å². The largest absolute Gasteiger partial charge is 0.416 e. The summed E-state index contributed by atoms with van der Waals surface area (Å²) in [5.41, 5.74) is -1.10. The van der Waals surface area contributed by atoms with E-state index < -0.39 is 29.5 Å². The Morgan fingerprint density at radius 1 is 1.05 bits per heavy atom. The maximum atomic E-state index is 12.3. The van der Waals surface area contributed by atoms with Gasteiger partial charge in [-0.15, -0.1) is 5.06 Å². The Bertz CT molecular complexity index is 549. The third-order valence-corrected chi connectivity index (χ3v) is 2.63. The van der Waals surface area contributed by atoms with E-state index in [-0.39, 0.29) is 18.4 Å². The minimum Gasteiger partial charge on any atom is -0.325 e. The first-order valence-corrected chi connectivity index (χ1v) is 5.54. The van der Waals surface area contributed by atoms with Crippen molar-refractivity contribution in [1.29, 1.82) is 0 Å². The number of halogens is 3. The molecule has 1 saturated heterocycles. The fourth-order valence-electron chi connectivity index (χ4n) is 1.59. The van der Waals surface area contributed by atoms with E-state index in [9.17, 15) is 27.6 Å². The van der Waals surface area contributed by atoms with Gasteiger partial charge in [0.1, 0.15) is 0 Å². The molecule has 2 rings (SSSR count). The van der Waals surface area contributed by atoms with Crippen LogP contribution in [0.3, 0.4) is 0 Å². The Labute approximate surface area is 110 Å². The highest BCUT2D eigenvalue weighted by molar-refractivity contribution is 6.02. The van der Waals surface area contributed by atoms with Crippen molar-refractivity contribution >= 4 is 17.8 Å². The van der Waals surface area contributed by atoms with Crippen molar-refractivity contribution < 1.29 is 32.4 Å². The topological polar surface area (TPSA) is 63.7 Å². The summed E-state index contributed by atoms with van der Waals surface area (Å²) in [4.78, 5) is 38.6. The minimum absolute atomic E-state index is 0.0564. The lowest BCUT2D eigenvalue weighted by atomic mass is 10.1. The van der Waals surface area contributed by atoms with Crippen molar-refractivity contribution in [3.8, 4) is 0 Å². The van der Waals surface area contributed by atoms with E-state index in [0.29, 0.717) is 17.2 Å². The second kappa shape index (κ2) is 4.95. The molecule has 1 aromatic carbocycles. The van der Waals surface area contributed by atoms with Gasteiger partial charge < -0.3 is 4.84 Å². The van der Waals surface area contributed by atoms with Crippen LogP contribution in [0.5, 0.6) is 0 Å². The van der Waals surface area contributed by atoms with Gasteiger partial charge in [-0.05, 0) is 24.3 Å². The van der Waals surface area contributed by atoms with Crippen molar-refractivity contribution in [2.75, 3.05) is 0 Å². The van der Waals surface area contributed by atoms with E-state index in [2.05, 4.69) is 4.84 Å². The predicted octanol–water partition coefficient (Wildman–Crippen LogP) is 1.93. The Hall–Kier alpha value is -2.38. The molecule has 0 spiro atoms. The Morgan fingerprint density at radius 3 is 2.00 bits per heavy atom. The first-order chi connectivity index (χ1) is 9.29. The molecule has 5 nitrogen and oxygen atoms in total. The van der Waals surface area contributed by atoms with Crippen molar-refractivity contribution in [3.05, 3.63) is 35.4 Å². The molecule has 1 aromatic rings. The van der Waals surface area contributed by atoms with E-state index in [1.807, 2.05) is 0 Å². The molecule has 0 saturated carbocycles. The second-order valence-corrected chi connectivity index (χ2v) is 4.04. The molecule has 0 radical (unpaired) electrons. The van der Waals surface area contributed by atoms with Gasteiger partial charge in [0.25, 0.3) is 11.8 Å². The zero-order chi connectivity index (χ0) is 14.9. The molecule has 0 bridgehead atoms. The van der Waals surface area contributed by atoms with E-state index in [4.69, 9.17) is 0 Å². The van der Waals surface area contributed by atoms with Gasteiger partial charge >= 0.3 is 12.1 Å². The van der Waals surface area contributed by atoms with E-state index >= 15 is 0 Å². The lowest BCUT2D eigenvalue weighted by molar-refractivity contribution is -0.172. The van der Waals surface area contributed by atoms with Crippen LogP contribution in [0.4, 0.5) is 13.2 Å². The number of benzene rings is 1. The van der Waals surface area contributed by atoms with Gasteiger partial charge in [0.15, 0.2) is 0 Å². The zero-order valence-corrected chi connectivity index (χ0v) is 9.94. The fraction of sp³-hybridized carbons (Fsp3) is 0.250. The molecule has 1 aliphatic rings. The number of rotatable bonds is 2. The molecule has 8 heteroatoms. The van der Waals surface area contributed by atoms with Crippen LogP contribution in [0, 0.1) is 0 Å². The highest BCUT2D eigenvalue weighted by Crippen LogP contribution is 2.29. The summed E-state index contributed by atoms with van der Waals surface area (Å²) >= 11 is 0. The maximum Gasteiger partial charge on any atom is 0.416 e. The number of hydrogen-bond acceptors (Lipinski definition) is 4. The smallest absolute Gasteiger partial charge is 0.325 e. The number of hydrogen-bond donors (Lipinski definition) is 0. The molecule has 2 amide bonds. The minimum atomic E-state index is -4.51. The SMILES string of the molecule is O=C(ON1C(=O)CCC1=O)c1ccc(C(F)(F)F)cc1. The van der Waals surface area contributed by atoms with Crippen LogP contribution < -0.4 is 0 Å². The summed E-state index contributed by atoms with van der Waals surface area (Å²) in [5, 5.41) is 0.333. The van der Waals surface area contributed by atoms with Gasteiger partial charge in [0, 0.05) is 12.8 Å². The third kappa shape index (κ3) is 2.79. The Balaban J connectivity index is 2.10. The van der Waals surface area contributed by atoms with Crippen LogP contribution in [0.1, 0.15) is 28.8 Å². The highest BCUT2D eigenvalue weighted by Gasteiger charge is 2.34. The number of alkyl halides is 3. The van der Waals surface area contributed by atoms with Gasteiger partial charge in [-0.3, -0.25) is 9.59 Å². The molecule has 0 N–H and O–H groups in total. The first kappa shape index (κ1) is 14.0. The second-order valence-electron chi connectivity index (χ2n) is 4.04. The zero-order valence-electron chi connectivity index (χ0n) is 9.94. The molecule has 1 fully saturated rings. The number of amides is 2. The summed E-state index contributed by atoms with van der Waals surface area (Å²) < 4.78 is 37.0. The van der Waals surface area contributed by atoms with Gasteiger partial charge in [0.05, 0.1) is 11.1 Å². The van der Waals surface area contributed by atoms with E-state index in [1.54, 1.807) is 0 Å². The lowest BCUT2D eigenvalue weighted by Crippen LogP contribution is -2.32. The van der Waals surface area contributed by atoms with Gasteiger partial charge in [-0.2, -0.15) is 13.2 Å². The third-order valence-electron chi connectivity index (χ3n) is 2.63. The molecule has 1 heterocycles. The average molecular weight is 287 g/mol. The predicted molar refractivity (Wildman–Crippen MR) is 57.9 cm³/mol. The van der Waals surface area contributed by atoms with Crippen LogP contribution >= 0.6 is 0 Å². The van der Waals surface area contributed by atoms with Gasteiger partial charge in [-0.1, -0.05) is 0 Å². The lowest BCUT2D eigenvalue weighted by Gasteiger charge is -2.13. The van der Waals surface area contributed by atoms with E-state index in [0.717, 1.165) is 12.1 Å². The van der Waals surface area contributed by atoms with Crippen molar-refractivity contribution in [1.82, 2.24) is 5.06 Å². The Kier molecular flexibility index (Phi) is 3.47. The molecular weight excluding hydrogens is 279 g/mol. The van der Waals surface area contributed by atoms with Crippen LogP contribution in [0.15, 0.2) is 24.3 Å². The van der Waals surface area contributed by atoms with Gasteiger partial charge in [-0.25, -0.2) is 4.79 Å². The molecule has 0 aliphatic carbocycles. The molecule has 1 aliphatic heterocycles. The van der Waals surface area contributed by atoms with Crippen LogP contribution in [0.2, 0.25) is 0 Å². The molecule has 0 atom stereocenters. The van der Waals surface area contributed by atoms with Crippen molar-refractivity contribution in [2.24, 2.45) is 0 Å². The molecular formula is C12H8F3NO4. The molecule has 20 heavy (non-hydrogen) atoms. The van der Waals surface area contributed by atoms with E-state index in [1.165, 1.54) is 0 Å². The standard InChI is InChI=1S/C12H8F3NO4/c13-12(14,15)8-3-1-7(2-4-8)11(19)20-16-9(17)5-6-10(16)18/h1-4H,5-6H2. The monoisotopic (exact) mass is 287 g/mol. The van der Waals surface area contributed by atoms with Crippen LogP contribution in [-0.4, -0.2) is 22.8 Å². The van der Waals surface area contributed by atoms with Crippen molar-refractivity contribution in [3.63, 3.8) is 0 Å². The number of carbonyl (C=O) groups is 3. The summed E-state index contributed by atoms with van der Waals surface area (Å²) in [6, 6.07) is 3.25. The average Bonchev–Trinajstić information content (AvgIpc) is 2.69. The first-order valence-electron chi connectivity index (χ1n) is 5.54. The maximum absolute atomic E-state index is 12.3. The molecule has 106 valence electrons. The van der Waals surface area contributed by atoms with Crippen molar-refractivity contribution in [2.45, 2.75) is 19.0 Å². The fourth-order valence-corrected chi connectivity index (χ4v) is 1.59. The summed E-state index contributed by atoms with van der Waals surface area (Å²) in [7, 11) is 0. The number of imide groups is 1.